The van der Waals surface area contributed by atoms with Crippen LogP contribution >= 0.6 is 0 Å². The van der Waals surface area contributed by atoms with E-state index in [9.17, 15) is 4.79 Å². The molecule has 2 aromatic rings. The Bertz CT molecular complexity index is 681. The molecule has 0 spiro atoms. The minimum absolute atomic E-state index is 0.0615. The maximum atomic E-state index is 12.7. The lowest BCUT2D eigenvalue weighted by molar-refractivity contribution is 0.189. The molecule has 3 rings (SSSR count). The predicted octanol–water partition coefficient (Wildman–Crippen LogP) is 4.14. The van der Waals surface area contributed by atoms with E-state index in [2.05, 4.69) is 10.5 Å². The fourth-order valence-corrected chi connectivity index (χ4v) is 3.13. The van der Waals surface area contributed by atoms with Gasteiger partial charge in [0.25, 0.3) is 0 Å². The van der Waals surface area contributed by atoms with Crippen molar-refractivity contribution in [1.29, 1.82) is 0 Å². The van der Waals surface area contributed by atoms with E-state index >= 15 is 0 Å². The van der Waals surface area contributed by atoms with Gasteiger partial charge in [-0.15, -0.1) is 0 Å². The van der Waals surface area contributed by atoms with Crippen LogP contribution in [0.15, 0.2) is 34.9 Å². The molecule has 0 bridgehead atoms. The number of hydrogen-bond acceptors (Lipinski definition) is 4. The lowest BCUT2D eigenvalue weighted by Crippen LogP contribution is -2.38. The average Bonchev–Trinajstić information content (AvgIpc) is 2.86. The Kier molecular flexibility index (Phi) is 5.03. The zero-order chi connectivity index (χ0) is 16.9. The summed E-state index contributed by atoms with van der Waals surface area (Å²) < 4.78 is 10.2. The molecule has 0 radical (unpaired) electrons. The van der Waals surface area contributed by atoms with E-state index in [1.165, 1.54) is 0 Å². The van der Waals surface area contributed by atoms with Crippen molar-refractivity contribution in [3.8, 4) is 5.75 Å². The summed E-state index contributed by atoms with van der Waals surface area (Å²) in [6.45, 7) is 2.54. The van der Waals surface area contributed by atoms with Gasteiger partial charge in [-0.1, -0.05) is 30.1 Å². The zero-order valence-corrected chi connectivity index (χ0v) is 14.1. The zero-order valence-electron chi connectivity index (χ0n) is 14.1. The van der Waals surface area contributed by atoms with Crippen LogP contribution in [0.4, 0.5) is 10.6 Å². The van der Waals surface area contributed by atoms with Crippen molar-refractivity contribution < 1.29 is 14.1 Å². The van der Waals surface area contributed by atoms with Crippen molar-refractivity contribution in [3.05, 3.63) is 41.7 Å². The van der Waals surface area contributed by atoms with Gasteiger partial charge in [-0.25, -0.2) is 4.79 Å². The molecule has 1 aromatic carbocycles. The van der Waals surface area contributed by atoms with E-state index in [0.717, 1.165) is 43.5 Å². The third-order valence-corrected chi connectivity index (χ3v) is 4.38. The van der Waals surface area contributed by atoms with Gasteiger partial charge < -0.3 is 14.2 Å². The minimum Gasteiger partial charge on any atom is -0.497 e. The summed E-state index contributed by atoms with van der Waals surface area (Å²) in [6.07, 6.45) is 4.22. The van der Waals surface area contributed by atoms with Gasteiger partial charge in [0.2, 0.25) is 0 Å². The van der Waals surface area contributed by atoms with Gasteiger partial charge in [0, 0.05) is 12.6 Å². The maximum Gasteiger partial charge on any atom is 0.323 e. The first-order chi connectivity index (χ1) is 11.7. The Hall–Kier alpha value is -2.50. The van der Waals surface area contributed by atoms with Crippen molar-refractivity contribution in [2.24, 2.45) is 0 Å². The molecule has 1 atom stereocenters. The number of nitrogens with one attached hydrogen (secondary N) is 1. The summed E-state index contributed by atoms with van der Waals surface area (Å²) in [4.78, 5) is 14.6. The molecule has 128 valence electrons. The first-order valence-electron chi connectivity index (χ1n) is 8.32. The van der Waals surface area contributed by atoms with Crippen LogP contribution in [-0.2, 0) is 0 Å². The fourth-order valence-electron chi connectivity index (χ4n) is 3.13. The normalized spacial score (nSPS) is 18.1. The number of anilines is 1. The third kappa shape index (κ3) is 3.69. The summed E-state index contributed by atoms with van der Waals surface area (Å²) in [6, 6.07) is 9.61. The third-order valence-electron chi connectivity index (χ3n) is 4.38. The van der Waals surface area contributed by atoms with Crippen LogP contribution in [0.25, 0.3) is 0 Å². The fraction of sp³-hybridized carbons (Fsp3) is 0.444. The second-order valence-electron chi connectivity index (χ2n) is 6.08. The summed E-state index contributed by atoms with van der Waals surface area (Å²) in [5.41, 5.74) is 1.13. The van der Waals surface area contributed by atoms with Crippen LogP contribution < -0.4 is 10.1 Å². The van der Waals surface area contributed by atoms with Crippen molar-refractivity contribution in [3.63, 3.8) is 0 Å². The second kappa shape index (κ2) is 7.38. The first-order valence-corrected chi connectivity index (χ1v) is 8.32. The van der Waals surface area contributed by atoms with Crippen LogP contribution in [0.3, 0.4) is 0 Å². The number of methoxy groups -OCH3 is 1. The SMILES string of the molecule is COc1ccc([C@H]2CCCCCN2C(=O)Nc2cc(C)on2)cc1. The second-order valence-corrected chi connectivity index (χ2v) is 6.08. The number of benzene rings is 1. The number of rotatable bonds is 3. The van der Waals surface area contributed by atoms with Gasteiger partial charge in [-0.3, -0.25) is 5.32 Å². The lowest BCUT2D eigenvalue weighted by Gasteiger charge is -2.30. The first kappa shape index (κ1) is 16.4. The topological polar surface area (TPSA) is 67.6 Å². The Balaban J connectivity index is 1.79. The molecule has 1 fully saturated rings. The molecule has 0 saturated carbocycles. The average molecular weight is 329 g/mol. The maximum absolute atomic E-state index is 12.7. The Morgan fingerprint density at radius 3 is 2.75 bits per heavy atom. The number of amides is 2. The van der Waals surface area contributed by atoms with E-state index in [1.807, 2.05) is 29.2 Å². The largest absolute Gasteiger partial charge is 0.497 e. The summed E-state index contributed by atoms with van der Waals surface area (Å²) in [7, 11) is 1.65. The number of hydrogen-bond donors (Lipinski definition) is 1. The highest BCUT2D eigenvalue weighted by atomic mass is 16.5. The molecule has 6 heteroatoms. The highest BCUT2D eigenvalue weighted by molar-refractivity contribution is 5.88. The Morgan fingerprint density at radius 2 is 2.08 bits per heavy atom. The Labute approximate surface area is 141 Å². The smallest absolute Gasteiger partial charge is 0.323 e. The van der Waals surface area contributed by atoms with Gasteiger partial charge in [0.15, 0.2) is 5.82 Å². The van der Waals surface area contributed by atoms with E-state index in [-0.39, 0.29) is 12.1 Å². The molecular formula is C18H23N3O3. The molecule has 6 nitrogen and oxygen atoms in total. The highest BCUT2D eigenvalue weighted by Gasteiger charge is 2.27. The van der Waals surface area contributed by atoms with Crippen LogP contribution in [-0.4, -0.2) is 29.7 Å². The van der Waals surface area contributed by atoms with Gasteiger partial charge in [-0.2, -0.15) is 0 Å². The summed E-state index contributed by atoms with van der Waals surface area (Å²) in [5, 5.41) is 6.68. The van der Waals surface area contributed by atoms with Crippen LogP contribution in [0, 0.1) is 6.92 Å². The van der Waals surface area contributed by atoms with Gasteiger partial charge in [0.1, 0.15) is 11.5 Å². The van der Waals surface area contributed by atoms with Gasteiger partial charge in [-0.05, 0) is 37.5 Å². The number of likely N-dealkylation sites (tertiary alicyclic amines) is 1. The minimum atomic E-state index is -0.133. The predicted molar refractivity (Wildman–Crippen MR) is 91.2 cm³/mol. The van der Waals surface area contributed by atoms with Crippen molar-refractivity contribution in [1.82, 2.24) is 10.1 Å². The quantitative estimate of drug-likeness (QED) is 0.919. The molecule has 0 aliphatic carbocycles. The molecule has 1 N–H and O–H groups in total. The number of aromatic nitrogens is 1. The van der Waals surface area contributed by atoms with Crippen LogP contribution in [0.2, 0.25) is 0 Å². The molecule has 1 aliphatic heterocycles. The summed E-state index contributed by atoms with van der Waals surface area (Å²) in [5.74, 6) is 1.95. The van der Waals surface area contributed by atoms with Crippen LogP contribution in [0.1, 0.15) is 43.0 Å². The molecule has 2 amide bonds. The standard InChI is InChI=1S/C18H23N3O3/c1-13-12-17(20-24-13)19-18(22)21-11-5-3-4-6-16(21)14-7-9-15(23-2)10-8-14/h7-10,12,16H,3-6,11H2,1-2H3,(H,19,20,22)/t16-/m1/s1. The van der Waals surface area contributed by atoms with Crippen molar-refractivity contribution in [2.75, 3.05) is 19.0 Å². The van der Waals surface area contributed by atoms with Crippen molar-refractivity contribution >= 4 is 11.8 Å². The van der Waals surface area contributed by atoms with Gasteiger partial charge >= 0.3 is 6.03 Å². The van der Waals surface area contributed by atoms with E-state index in [1.54, 1.807) is 20.1 Å². The monoisotopic (exact) mass is 329 g/mol. The van der Waals surface area contributed by atoms with E-state index in [4.69, 9.17) is 9.26 Å². The van der Waals surface area contributed by atoms with Crippen LogP contribution in [0.5, 0.6) is 5.75 Å². The van der Waals surface area contributed by atoms with E-state index in [0.29, 0.717) is 11.6 Å². The van der Waals surface area contributed by atoms with Gasteiger partial charge in [0.05, 0.1) is 13.2 Å². The number of carbonyl (C=O) groups is 1. The molecule has 1 aliphatic rings. The number of carbonyl (C=O) groups excluding carboxylic acids is 1. The number of urea groups is 1. The Morgan fingerprint density at radius 1 is 1.29 bits per heavy atom. The number of nitrogens with zero attached hydrogens (tertiary/aromatic N) is 2. The molecule has 1 aromatic heterocycles. The number of ether oxygens (including phenoxy) is 1. The molecule has 0 unspecified atom stereocenters. The number of aryl methyl sites for hydroxylation is 1. The summed E-state index contributed by atoms with van der Waals surface area (Å²) >= 11 is 0. The van der Waals surface area contributed by atoms with E-state index < -0.39 is 0 Å². The lowest BCUT2D eigenvalue weighted by atomic mass is 10.0. The van der Waals surface area contributed by atoms with Crippen molar-refractivity contribution in [2.45, 2.75) is 38.6 Å². The highest BCUT2D eigenvalue weighted by Crippen LogP contribution is 2.31. The molecule has 24 heavy (non-hydrogen) atoms. The molecule has 2 heterocycles. The molecule has 1 saturated heterocycles. The molecular weight excluding hydrogens is 306 g/mol.